The normalized spacial score (nSPS) is 16.1. The minimum Gasteiger partial charge on any atom is -0.463 e. The minimum atomic E-state index is -1.79. The number of esters is 1. The standard InChI is InChI=1S/C6H12O6.C5H10O4.C2H6O/c7-1-3(9)5(11)6(12)4(10)2-8;1-4(7)9-3-5(8)2-6;1-2-3/h1,3-6,8-12H,2H2;5-6,8H,2-3H2,1H3;3H,2H2,1H3/t3-,4+,5+,6+;;/m0../s1. The van der Waals surface area contributed by atoms with E-state index in [0.717, 1.165) is 0 Å². The van der Waals surface area contributed by atoms with Crippen LogP contribution in [0.3, 0.4) is 0 Å². The molecule has 0 aromatic heterocycles. The molecule has 0 heterocycles. The van der Waals surface area contributed by atoms with Crippen molar-refractivity contribution in [2.24, 2.45) is 0 Å². The van der Waals surface area contributed by atoms with Gasteiger partial charge in [0.2, 0.25) is 0 Å². The Morgan fingerprint density at radius 2 is 1.46 bits per heavy atom. The third kappa shape index (κ3) is 17.2. The molecule has 24 heavy (non-hydrogen) atoms. The van der Waals surface area contributed by atoms with Gasteiger partial charge in [0.1, 0.15) is 37.1 Å². The maximum atomic E-state index is 10.0. The van der Waals surface area contributed by atoms with E-state index in [4.69, 9.17) is 40.9 Å². The van der Waals surface area contributed by atoms with Gasteiger partial charge in [-0.3, -0.25) is 4.79 Å². The SMILES string of the molecule is CC(=O)OCC(O)CO.CCO.O=C[C@H](O)[C@@H](O)[C@H](O)[C@H](O)CO. The monoisotopic (exact) mass is 360 g/mol. The average molecular weight is 360 g/mol. The van der Waals surface area contributed by atoms with Crippen LogP contribution < -0.4 is 0 Å². The van der Waals surface area contributed by atoms with Gasteiger partial charge in [-0.05, 0) is 6.92 Å². The van der Waals surface area contributed by atoms with Crippen LogP contribution in [0.4, 0.5) is 0 Å². The Kier molecular flexibility index (Phi) is 20.9. The Morgan fingerprint density at radius 1 is 1.00 bits per heavy atom. The van der Waals surface area contributed by atoms with Gasteiger partial charge in [-0.1, -0.05) is 0 Å². The third-order valence-corrected chi connectivity index (χ3v) is 2.11. The summed E-state index contributed by atoms with van der Waals surface area (Å²) in [4.78, 5) is 19.9. The summed E-state index contributed by atoms with van der Waals surface area (Å²) in [7, 11) is 0. The quantitative estimate of drug-likeness (QED) is 0.153. The summed E-state index contributed by atoms with van der Waals surface area (Å²) in [6, 6.07) is 0. The predicted molar refractivity (Wildman–Crippen MR) is 79.7 cm³/mol. The molecule has 0 spiro atoms. The van der Waals surface area contributed by atoms with Crippen molar-refractivity contribution in [3.05, 3.63) is 0 Å². The highest BCUT2D eigenvalue weighted by Crippen LogP contribution is 2.02. The highest BCUT2D eigenvalue weighted by atomic mass is 16.5. The molecule has 1 unspecified atom stereocenters. The van der Waals surface area contributed by atoms with Crippen molar-refractivity contribution < 1.29 is 55.2 Å². The van der Waals surface area contributed by atoms with Crippen molar-refractivity contribution in [1.29, 1.82) is 0 Å². The number of rotatable bonds is 8. The smallest absolute Gasteiger partial charge is 0.302 e. The van der Waals surface area contributed by atoms with Crippen LogP contribution in [-0.4, -0.2) is 110 Å². The summed E-state index contributed by atoms with van der Waals surface area (Å²) in [5, 5.41) is 67.9. The molecule has 0 aromatic carbocycles. The number of carbonyl (C=O) groups excluding carboxylic acids is 2. The molecule has 0 aliphatic heterocycles. The molecular weight excluding hydrogens is 332 g/mol. The number of aliphatic hydroxyl groups excluding tert-OH is 8. The average Bonchev–Trinajstić information content (AvgIpc) is 2.57. The first-order chi connectivity index (χ1) is 11.1. The second-order valence-corrected chi connectivity index (χ2v) is 4.31. The van der Waals surface area contributed by atoms with E-state index < -0.39 is 43.1 Å². The van der Waals surface area contributed by atoms with Crippen molar-refractivity contribution in [1.82, 2.24) is 0 Å². The van der Waals surface area contributed by atoms with Crippen molar-refractivity contribution in [3.63, 3.8) is 0 Å². The van der Waals surface area contributed by atoms with E-state index in [1.54, 1.807) is 6.92 Å². The second-order valence-electron chi connectivity index (χ2n) is 4.31. The maximum Gasteiger partial charge on any atom is 0.302 e. The van der Waals surface area contributed by atoms with E-state index in [0.29, 0.717) is 0 Å². The van der Waals surface area contributed by atoms with Gasteiger partial charge in [-0.15, -0.1) is 0 Å². The molecule has 0 radical (unpaired) electrons. The fourth-order valence-corrected chi connectivity index (χ4v) is 0.884. The molecule has 11 heteroatoms. The van der Waals surface area contributed by atoms with E-state index in [2.05, 4.69) is 4.74 Å². The number of aliphatic hydroxyl groups is 8. The highest BCUT2D eigenvalue weighted by molar-refractivity contribution is 5.65. The van der Waals surface area contributed by atoms with Gasteiger partial charge in [0, 0.05) is 13.5 Å². The van der Waals surface area contributed by atoms with Crippen LogP contribution in [0.15, 0.2) is 0 Å². The van der Waals surface area contributed by atoms with Crippen LogP contribution >= 0.6 is 0 Å². The highest BCUT2D eigenvalue weighted by Gasteiger charge is 2.29. The predicted octanol–water partition coefficient (Wildman–Crippen LogP) is -4.48. The van der Waals surface area contributed by atoms with Crippen LogP contribution in [0.25, 0.3) is 0 Å². The third-order valence-electron chi connectivity index (χ3n) is 2.11. The lowest BCUT2D eigenvalue weighted by atomic mass is 10.0. The molecule has 11 nitrogen and oxygen atoms in total. The van der Waals surface area contributed by atoms with Crippen molar-refractivity contribution in [2.75, 3.05) is 26.4 Å². The van der Waals surface area contributed by atoms with Crippen LogP contribution in [0.5, 0.6) is 0 Å². The Bertz CT molecular complexity index is 300. The number of carbonyl (C=O) groups is 2. The lowest BCUT2D eigenvalue weighted by Gasteiger charge is -2.22. The number of ether oxygens (including phenoxy) is 1. The number of hydrogen-bond acceptors (Lipinski definition) is 11. The van der Waals surface area contributed by atoms with Crippen molar-refractivity contribution in [3.8, 4) is 0 Å². The Labute approximate surface area is 139 Å². The summed E-state index contributed by atoms with van der Waals surface area (Å²) in [5.41, 5.74) is 0. The van der Waals surface area contributed by atoms with Crippen LogP contribution in [0.1, 0.15) is 13.8 Å². The van der Waals surface area contributed by atoms with Gasteiger partial charge < -0.3 is 50.4 Å². The molecule has 0 amide bonds. The van der Waals surface area contributed by atoms with Crippen LogP contribution in [0, 0.1) is 0 Å². The van der Waals surface area contributed by atoms with Crippen molar-refractivity contribution in [2.45, 2.75) is 44.4 Å². The van der Waals surface area contributed by atoms with E-state index in [-0.39, 0.29) is 26.1 Å². The Hall–Kier alpha value is -1.18. The lowest BCUT2D eigenvalue weighted by Crippen LogP contribution is -2.46. The molecule has 0 aliphatic carbocycles. The summed E-state index contributed by atoms with van der Waals surface area (Å²) in [6.45, 7) is 1.90. The van der Waals surface area contributed by atoms with E-state index in [1.165, 1.54) is 6.92 Å². The molecule has 0 saturated carbocycles. The first kappa shape index (κ1) is 27.7. The Morgan fingerprint density at radius 3 is 1.75 bits per heavy atom. The molecular formula is C13H28O11. The van der Waals surface area contributed by atoms with Crippen LogP contribution in [-0.2, 0) is 14.3 Å². The topological polar surface area (TPSA) is 205 Å². The maximum absolute atomic E-state index is 10.0. The largest absolute Gasteiger partial charge is 0.463 e. The van der Waals surface area contributed by atoms with Gasteiger partial charge in [0.05, 0.1) is 13.2 Å². The van der Waals surface area contributed by atoms with E-state index >= 15 is 0 Å². The van der Waals surface area contributed by atoms with Gasteiger partial charge in [-0.2, -0.15) is 0 Å². The zero-order valence-corrected chi connectivity index (χ0v) is 13.6. The molecule has 0 fully saturated rings. The zero-order chi connectivity index (χ0) is 19.7. The summed E-state index contributed by atoms with van der Waals surface area (Å²) < 4.78 is 4.35. The first-order valence-corrected chi connectivity index (χ1v) is 6.94. The summed E-state index contributed by atoms with van der Waals surface area (Å²) in [6.07, 6.45) is -7.79. The lowest BCUT2D eigenvalue weighted by molar-refractivity contribution is -0.144. The van der Waals surface area contributed by atoms with Crippen molar-refractivity contribution >= 4 is 12.3 Å². The molecule has 8 N–H and O–H groups in total. The van der Waals surface area contributed by atoms with Crippen LogP contribution in [0.2, 0.25) is 0 Å². The molecule has 0 bridgehead atoms. The number of hydrogen-bond donors (Lipinski definition) is 8. The molecule has 146 valence electrons. The van der Waals surface area contributed by atoms with Gasteiger partial charge >= 0.3 is 5.97 Å². The van der Waals surface area contributed by atoms with E-state index in [9.17, 15) is 9.59 Å². The minimum absolute atomic E-state index is 0.0258. The summed E-state index contributed by atoms with van der Waals surface area (Å²) in [5.74, 6) is -0.456. The van der Waals surface area contributed by atoms with Gasteiger partial charge in [0.15, 0.2) is 6.29 Å². The molecule has 0 aliphatic rings. The fraction of sp³-hybridized carbons (Fsp3) is 0.846. The van der Waals surface area contributed by atoms with Gasteiger partial charge in [-0.25, -0.2) is 0 Å². The first-order valence-electron chi connectivity index (χ1n) is 6.94. The molecule has 5 atom stereocenters. The Balaban J connectivity index is -0.000000324. The van der Waals surface area contributed by atoms with Gasteiger partial charge in [0.25, 0.3) is 0 Å². The fourth-order valence-electron chi connectivity index (χ4n) is 0.884. The molecule has 0 saturated heterocycles. The zero-order valence-electron chi connectivity index (χ0n) is 13.6. The molecule has 0 aromatic rings. The second kappa shape index (κ2) is 18.2. The van der Waals surface area contributed by atoms with E-state index in [1.807, 2.05) is 0 Å². The molecule has 0 rings (SSSR count). The summed E-state index contributed by atoms with van der Waals surface area (Å²) >= 11 is 0. The number of aldehydes is 1.